The first-order chi connectivity index (χ1) is 14.7. The Labute approximate surface area is 178 Å². The van der Waals surface area contributed by atoms with Crippen LogP contribution in [0.4, 0.5) is 13.2 Å². The van der Waals surface area contributed by atoms with E-state index in [1.54, 1.807) is 24.3 Å². The van der Waals surface area contributed by atoms with Crippen LogP contribution in [0, 0.1) is 11.3 Å². The van der Waals surface area contributed by atoms with E-state index in [9.17, 15) is 22.8 Å². The van der Waals surface area contributed by atoms with Gasteiger partial charge in [0.1, 0.15) is 6.04 Å². The predicted molar refractivity (Wildman–Crippen MR) is 108 cm³/mol. The Kier molecular flexibility index (Phi) is 6.34. The third kappa shape index (κ3) is 4.71. The minimum absolute atomic E-state index is 0.202. The first kappa shape index (κ1) is 22.3. The van der Waals surface area contributed by atoms with Crippen LogP contribution in [-0.4, -0.2) is 17.9 Å². The Balaban J connectivity index is 1.97. The summed E-state index contributed by atoms with van der Waals surface area (Å²) >= 11 is 0. The maximum Gasteiger partial charge on any atom is 0.416 e. The summed E-state index contributed by atoms with van der Waals surface area (Å²) in [5.74, 6) is -1.56. The van der Waals surface area contributed by atoms with Gasteiger partial charge in [-0.3, -0.25) is 9.59 Å². The lowest BCUT2D eigenvalue weighted by molar-refractivity contribution is -0.137. The molecule has 2 aromatic carbocycles. The molecule has 0 radical (unpaired) electrons. The molecule has 162 valence electrons. The second-order valence-corrected chi connectivity index (χ2v) is 7.79. The number of nitrogens with zero attached hydrogens (tertiary/aromatic N) is 1. The average Bonchev–Trinajstić information content (AvgIpc) is 2.77. The van der Waals surface area contributed by atoms with Crippen LogP contribution in [-0.2, 0) is 16.4 Å². The number of nitriles is 1. The van der Waals surface area contributed by atoms with Crippen LogP contribution < -0.4 is 11.1 Å². The molecule has 3 rings (SSSR count). The molecule has 1 aliphatic rings. The van der Waals surface area contributed by atoms with E-state index in [-0.39, 0.29) is 5.56 Å². The number of carbonyl (C=O) groups is 2. The molecule has 1 aliphatic carbocycles. The maximum atomic E-state index is 13.0. The highest BCUT2D eigenvalue weighted by atomic mass is 19.4. The normalized spacial score (nSPS) is 16.7. The fourth-order valence-corrected chi connectivity index (χ4v) is 4.34. The molecule has 31 heavy (non-hydrogen) atoms. The number of hydrogen-bond acceptors (Lipinski definition) is 3. The molecular formula is C23H22F3N3O2. The molecule has 1 saturated carbocycles. The van der Waals surface area contributed by atoms with Gasteiger partial charge in [0.2, 0.25) is 5.91 Å². The number of benzene rings is 2. The van der Waals surface area contributed by atoms with E-state index in [1.807, 2.05) is 6.07 Å². The van der Waals surface area contributed by atoms with E-state index >= 15 is 0 Å². The van der Waals surface area contributed by atoms with Gasteiger partial charge < -0.3 is 11.1 Å². The lowest BCUT2D eigenvalue weighted by Crippen LogP contribution is -2.58. The molecule has 2 aromatic rings. The zero-order chi connectivity index (χ0) is 22.6. The summed E-state index contributed by atoms with van der Waals surface area (Å²) in [7, 11) is 0. The Morgan fingerprint density at radius 3 is 2.26 bits per heavy atom. The standard InChI is InChI=1S/C23H22F3N3O2/c24-23(25,26)18-6-4-5-16(13-18)21(31)29-19(20(28)30)22(11-2-1-3-12-22)17-9-7-15(14-27)8-10-17/h4-10,13,19H,1-3,11-12H2,(H2,28,30)(H,29,31). The lowest BCUT2D eigenvalue weighted by atomic mass is 9.64. The van der Waals surface area contributed by atoms with Crippen LogP contribution in [0.5, 0.6) is 0 Å². The zero-order valence-corrected chi connectivity index (χ0v) is 16.7. The Bertz CT molecular complexity index is 1000. The monoisotopic (exact) mass is 429 g/mol. The summed E-state index contributed by atoms with van der Waals surface area (Å²) < 4.78 is 39.1. The van der Waals surface area contributed by atoms with Crippen molar-refractivity contribution in [2.24, 2.45) is 5.73 Å². The average molecular weight is 429 g/mol. The van der Waals surface area contributed by atoms with Gasteiger partial charge in [0.25, 0.3) is 5.91 Å². The van der Waals surface area contributed by atoms with Crippen molar-refractivity contribution in [2.45, 2.75) is 49.7 Å². The minimum Gasteiger partial charge on any atom is -0.368 e. The van der Waals surface area contributed by atoms with E-state index in [0.717, 1.165) is 43.0 Å². The molecule has 3 N–H and O–H groups in total. The molecule has 0 bridgehead atoms. The summed E-state index contributed by atoms with van der Waals surface area (Å²) in [6.07, 6.45) is -0.852. The molecule has 0 heterocycles. The van der Waals surface area contributed by atoms with Gasteiger partial charge in [0, 0.05) is 11.0 Å². The predicted octanol–water partition coefficient (Wildman–Crippen LogP) is 4.06. The van der Waals surface area contributed by atoms with Gasteiger partial charge in [-0.05, 0) is 48.7 Å². The molecule has 0 aromatic heterocycles. The van der Waals surface area contributed by atoms with Gasteiger partial charge in [-0.25, -0.2) is 0 Å². The SMILES string of the molecule is N#Cc1ccc(C2(C(NC(=O)c3cccc(C(F)(F)F)c3)C(N)=O)CCCCC2)cc1. The molecule has 1 atom stereocenters. The maximum absolute atomic E-state index is 13.0. The van der Waals surface area contributed by atoms with E-state index in [2.05, 4.69) is 5.32 Å². The summed E-state index contributed by atoms with van der Waals surface area (Å²) in [5.41, 5.74) is 4.96. The van der Waals surface area contributed by atoms with Crippen molar-refractivity contribution in [3.8, 4) is 6.07 Å². The summed E-state index contributed by atoms with van der Waals surface area (Å²) in [5, 5.41) is 11.7. The molecule has 8 heteroatoms. The number of primary amides is 1. The smallest absolute Gasteiger partial charge is 0.368 e. The number of halogens is 3. The summed E-state index contributed by atoms with van der Waals surface area (Å²) in [6, 6.07) is 11.7. The quantitative estimate of drug-likeness (QED) is 0.750. The van der Waals surface area contributed by atoms with Gasteiger partial charge in [-0.1, -0.05) is 37.5 Å². The highest BCUT2D eigenvalue weighted by Gasteiger charge is 2.45. The zero-order valence-electron chi connectivity index (χ0n) is 16.7. The topological polar surface area (TPSA) is 96.0 Å². The summed E-state index contributed by atoms with van der Waals surface area (Å²) in [6.45, 7) is 0. The number of amides is 2. The lowest BCUT2D eigenvalue weighted by Gasteiger charge is -2.43. The number of alkyl halides is 3. The van der Waals surface area contributed by atoms with Crippen molar-refractivity contribution in [1.82, 2.24) is 5.32 Å². The van der Waals surface area contributed by atoms with Crippen molar-refractivity contribution < 1.29 is 22.8 Å². The highest BCUT2D eigenvalue weighted by molar-refractivity contribution is 5.98. The van der Waals surface area contributed by atoms with Crippen molar-refractivity contribution in [2.75, 3.05) is 0 Å². The van der Waals surface area contributed by atoms with Crippen LogP contribution in [0.25, 0.3) is 0 Å². The number of carbonyl (C=O) groups excluding carboxylic acids is 2. The van der Waals surface area contributed by atoms with E-state index in [4.69, 9.17) is 11.0 Å². The molecule has 0 saturated heterocycles. The molecule has 1 unspecified atom stereocenters. The van der Waals surface area contributed by atoms with E-state index in [0.29, 0.717) is 18.4 Å². The van der Waals surface area contributed by atoms with Crippen molar-refractivity contribution in [3.05, 3.63) is 70.8 Å². The van der Waals surface area contributed by atoms with Gasteiger partial charge in [-0.15, -0.1) is 0 Å². The highest BCUT2D eigenvalue weighted by Crippen LogP contribution is 2.42. The van der Waals surface area contributed by atoms with Crippen molar-refractivity contribution in [3.63, 3.8) is 0 Å². The molecule has 1 fully saturated rings. The van der Waals surface area contributed by atoms with E-state index < -0.39 is 35.0 Å². The largest absolute Gasteiger partial charge is 0.416 e. The van der Waals surface area contributed by atoms with Crippen LogP contribution in [0.2, 0.25) is 0 Å². The fraction of sp³-hybridized carbons (Fsp3) is 0.348. The Hall–Kier alpha value is -3.34. The van der Waals surface area contributed by atoms with Crippen molar-refractivity contribution in [1.29, 1.82) is 5.26 Å². The number of nitrogens with one attached hydrogen (secondary N) is 1. The van der Waals surface area contributed by atoms with Gasteiger partial charge >= 0.3 is 6.18 Å². The Morgan fingerprint density at radius 1 is 1.06 bits per heavy atom. The molecular weight excluding hydrogens is 407 g/mol. The summed E-state index contributed by atoms with van der Waals surface area (Å²) in [4.78, 5) is 25.3. The molecule has 0 spiro atoms. The third-order valence-corrected chi connectivity index (χ3v) is 5.90. The van der Waals surface area contributed by atoms with E-state index in [1.165, 1.54) is 6.07 Å². The Morgan fingerprint density at radius 2 is 1.71 bits per heavy atom. The first-order valence-corrected chi connectivity index (χ1v) is 9.95. The van der Waals surface area contributed by atoms with Crippen LogP contribution in [0.1, 0.15) is 59.2 Å². The number of hydrogen-bond donors (Lipinski definition) is 2. The number of nitrogens with two attached hydrogens (primary N) is 1. The van der Waals surface area contributed by atoms with Crippen LogP contribution in [0.3, 0.4) is 0 Å². The fourth-order valence-electron chi connectivity index (χ4n) is 4.34. The number of rotatable bonds is 5. The molecule has 5 nitrogen and oxygen atoms in total. The van der Waals surface area contributed by atoms with Gasteiger partial charge in [-0.2, -0.15) is 18.4 Å². The molecule has 0 aliphatic heterocycles. The van der Waals surface area contributed by atoms with Crippen LogP contribution >= 0.6 is 0 Å². The van der Waals surface area contributed by atoms with Gasteiger partial charge in [0.15, 0.2) is 0 Å². The van der Waals surface area contributed by atoms with Crippen molar-refractivity contribution >= 4 is 11.8 Å². The first-order valence-electron chi connectivity index (χ1n) is 9.95. The van der Waals surface area contributed by atoms with Crippen LogP contribution in [0.15, 0.2) is 48.5 Å². The third-order valence-electron chi connectivity index (χ3n) is 5.90. The molecule has 2 amide bonds. The second-order valence-electron chi connectivity index (χ2n) is 7.79. The second kappa shape index (κ2) is 8.80. The van der Waals surface area contributed by atoms with Gasteiger partial charge in [0.05, 0.1) is 17.2 Å². The minimum atomic E-state index is -4.59.